The number of fused-ring (bicyclic) bond motifs is 1. The molecule has 1 aliphatic heterocycles. The summed E-state index contributed by atoms with van der Waals surface area (Å²) in [5, 5.41) is 12.6. The fraction of sp³-hybridized carbons (Fsp3) is 0.458. The van der Waals surface area contributed by atoms with Gasteiger partial charge < -0.3 is 21.1 Å². The first-order chi connectivity index (χ1) is 14.2. The van der Waals surface area contributed by atoms with Gasteiger partial charge in [0.25, 0.3) is 0 Å². The zero-order valence-corrected chi connectivity index (χ0v) is 17.1. The first-order valence-corrected chi connectivity index (χ1v) is 10.9. The number of guanidine groups is 1. The van der Waals surface area contributed by atoms with Crippen molar-refractivity contribution in [2.24, 2.45) is 16.6 Å². The molecule has 2 aliphatic rings. The van der Waals surface area contributed by atoms with E-state index in [1.54, 1.807) is 0 Å². The van der Waals surface area contributed by atoms with Gasteiger partial charge in [-0.3, -0.25) is 0 Å². The first-order valence-electron chi connectivity index (χ1n) is 10.9. The monoisotopic (exact) mass is 392 g/mol. The molecule has 0 unspecified atom stereocenters. The van der Waals surface area contributed by atoms with E-state index in [1.807, 2.05) is 0 Å². The number of nitrogens with zero attached hydrogens (tertiary/aromatic N) is 2. The summed E-state index contributed by atoms with van der Waals surface area (Å²) in [5.41, 5.74) is 12.5. The van der Waals surface area contributed by atoms with E-state index >= 15 is 0 Å². The minimum atomic E-state index is 0.312. The molecule has 4 N–H and O–H groups in total. The Morgan fingerprint density at radius 2 is 1.83 bits per heavy atom. The normalized spacial score (nSPS) is 17.8. The van der Waals surface area contributed by atoms with Gasteiger partial charge in [-0.1, -0.05) is 24.3 Å². The van der Waals surface area contributed by atoms with Crippen LogP contribution in [0.15, 0.2) is 47.5 Å². The molecule has 0 bridgehead atoms. The molecule has 5 heteroatoms. The number of nitrogens with one attached hydrogen (secondary N) is 1. The second-order valence-electron chi connectivity index (χ2n) is 8.26. The highest BCUT2D eigenvalue weighted by Gasteiger charge is 2.18. The van der Waals surface area contributed by atoms with Crippen LogP contribution in [0.4, 0.5) is 11.4 Å². The molecule has 2 aromatic carbocycles. The largest absolute Gasteiger partial charge is 0.396 e. The van der Waals surface area contributed by atoms with E-state index in [4.69, 9.17) is 5.73 Å². The van der Waals surface area contributed by atoms with Crippen molar-refractivity contribution in [2.45, 2.75) is 45.1 Å². The summed E-state index contributed by atoms with van der Waals surface area (Å²) in [4.78, 5) is 6.94. The third-order valence-electron chi connectivity index (χ3n) is 6.26. The third kappa shape index (κ3) is 4.91. The number of hydrogen-bond acceptors (Lipinski definition) is 3. The van der Waals surface area contributed by atoms with Crippen molar-refractivity contribution in [1.29, 1.82) is 0 Å². The lowest BCUT2D eigenvalue weighted by Gasteiger charge is -2.32. The van der Waals surface area contributed by atoms with E-state index in [2.05, 4.69) is 57.7 Å². The van der Waals surface area contributed by atoms with E-state index in [9.17, 15) is 5.11 Å². The molecule has 2 aromatic rings. The molecular weight excluding hydrogens is 360 g/mol. The van der Waals surface area contributed by atoms with E-state index in [1.165, 1.54) is 29.7 Å². The van der Waals surface area contributed by atoms with Gasteiger partial charge in [-0.25, -0.2) is 4.99 Å². The van der Waals surface area contributed by atoms with Crippen LogP contribution in [0, 0.1) is 5.92 Å². The summed E-state index contributed by atoms with van der Waals surface area (Å²) < 4.78 is 0. The number of benzene rings is 2. The van der Waals surface area contributed by atoms with Gasteiger partial charge >= 0.3 is 0 Å². The molecule has 0 amide bonds. The number of aliphatic hydroxyl groups is 1. The van der Waals surface area contributed by atoms with Crippen LogP contribution >= 0.6 is 0 Å². The molecular formula is C24H32N4O. The number of piperidine rings is 1. The van der Waals surface area contributed by atoms with Gasteiger partial charge in [-0.15, -0.1) is 0 Å². The van der Waals surface area contributed by atoms with Crippen molar-refractivity contribution in [3.63, 3.8) is 0 Å². The van der Waals surface area contributed by atoms with Crippen LogP contribution in [-0.4, -0.2) is 30.8 Å². The minimum Gasteiger partial charge on any atom is -0.396 e. The molecule has 4 rings (SSSR count). The minimum absolute atomic E-state index is 0.312. The van der Waals surface area contributed by atoms with Crippen molar-refractivity contribution in [3.8, 4) is 0 Å². The van der Waals surface area contributed by atoms with E-state index in [-0.39, 0.29) is 0 Å². The summed E-state index contributed by atoms with van der Waals surface area (Å²) in [7, 11) is 0. The van der Waals surface area contributed by atoms with E-state index in [0.717, 1.165) is 50.0 Å². The fourth-order valence-electron chi connectivity index (χ4n) is 4.44. The molecule has 0 radical (unpaired) electrons. The van der Waals surface area contributed by atoms with Gasteiger partial charge in [0.2, 0.25) is 0 Å². The van der Waals surface area contributed by atoms with Gasteiger partial charge in [-0.2, -0.15) is 0 Å². The number of aliphatic hydroxyl groups excluding tert-OH is 1. The van der Waals surface area contributed by atoms with E-state index < -0.39 is 0 Å². The fourth-order valence-corrected chi connectivity index (χ4v) is 4.44. The molecule has 0 saturated carbocycles. The predicted molar refractivity (Wildman–Crippen MR) is 120 cm³/mol. The zero-order chi connectivity index (χ0) is 20.1. The van der Waals surface area contributed by atoms with Crippen molar-refractivity contribution >= 4 is 17.3 Å². The lowest BCUT2D eigenvalue weighted by Crippen LogP contribution is -2.34. The number of rotatable bonds is 5. The average molecular weight is 393 g/mol. The SMILES string of the molecule is NC(=NCc1ccc(N2CCC(CO)CC2)cc1)Nc1cccc2c1CCCC2. The van der Waals surface area contributed by atoms with Gasteiger partial charge in [-0.05, 0) is 79.3 Å². The highest BCUT2D eigenvalue weighted by molar-refractivity contribution is 5.93. The molecule has 5 nitrogen and oxygen atoms in total. The second kappa shape index (κ2) is 9.31. The number of aryl methyl sites for hydroxylation is 1. The molecule has 154 valence electrons. The second-order valence-corrected chi connectivity index (χ2v) is 8.26. The van der Waals surface area contributed by atoms with Crippen LogP contribution < -0.4 is 16.0 Å². The predicted octanol–water partition coefficient (Wildman–Crippen LogP) is 3.70. The summed E-state index contributed by atoms with van der Waals surface area (Å²) >= 11 is 0. The maximum Gasteiger partial charge on any atom is 0.193 e. The summed E-state index contributed by atoms with van der Waals surface area (Å²) in [6.45, 7) is 2.91. The van der Waals surface area contributed by atoms with Gasteiger partial charge in [0, 0.05) is 31.1 Å². The molecule has 29 heavy (non-hydrogen) atoms. The molecule has 0 aromatic heterocycles. The van der Waals surface area contributed by atoms with Crippen LogP contribution in [0.2, 0.25) is 0 Å². The van der Waals surface area contributed by atoms with Gasteiger partial charge in [0.15, 0.2) is 5.96 Å². The van der Waals surface area contributed by atoms with Gasteiger partial charge in [0.1, 0.15) is 0 Å². The maximum atomic E-state index is 9.29. The molecule has 0 spiro atoms. The Morgan fingerprint density at radius 1 is 1.07 bits per heavy atom. The quantitative estimate of drug-likeness (QED) is 0.536. The number of aliphatic imine (C=N–C) groups is 1. The lowest BCUT2D eigenvalue weighted by molar-refractivity contribution is 0.203. The van der Waals surface area contributed by atoms with Crippen LogP contribution in [0.3, 0.4) is 0 Å². The molecule has 1 aliphatic carbocycles. The Labute approximate surface area is 173 Å². The average Bonchev–Trinajstić information content (AvgIpc) is 2.78. The summed E-state index contributed by atoms with van der Waals surface area (Å²) in [6.07, 6.45) is 6.92. The van der Waals surface area contributed by atoms with Crippen LogP contribution in [0.25, 0.3) is 0 Å². The molecule has 1 heterocycles. The van der Waals surface area contributed by atoms with Crippen LogP contribution in [-0.2, 0) is 19.4 Å². The Hall–Kier alpha value is -2.53. The standard InChI is InChI=1S/C24H32N4O/c25-24(27-23-7-3-5-20-4-1-2-6-22(20)23)26-16-18-8-10-21(11-9-18)28-14-12-19(17-29)13-15-28/h3,5,7-11,19,29H,1-2,4,6,12-17H2,(H3,25,26,27). The topological polar surface area (TPSA) is 73.9 Å². The Balaban J connectivity index is 1.34. The Kier molecular flexibility index (Phi) is 6.35. The zero-order valence-electron chi connectivity index (χ0n) is 17.1. The third-order valence-corrected chi connectivity index (χ3v) is 6.26. The number of hydrogen-bond donors (Lipinski definition) is 3. The van der Waals surface area contributed by atoms with Gasteiger partial charge in [0.05, 0.1) is 6.54 Å². The smallest absolute Gasteiger partial charge is 0.193 e. The number of anilines is 2. The molecule has 1 fully saturated rings. The molecule has 1 saturated heterocycles. The summed E-state index contributed by atoms with van der Waals surface area (Å²) in [6, 6.07) is 15.0. The Bertz CT molecular complexity index is 838. The van der Waals surface area contributed by atoms with Crippen molar-refractivity contribution < 1.29 is 5.11 Å². The summed E-state index contributed by atoms with van der Waals surface area (Å²) in [5.74, 6) is 0.935. The van der Waals surface area contributed by atoms with E-state index in [0.29, 0.717) is 25.0 Å². The maximum absolute atomic E-state index is 9.29. The highest BCUT2D eigenvalue weighted by Crippen LogP contribution is 2.28. The van der Waals surface area contributed by atoms with Crippen molar-refractivity contribution in [3.05, 3.63) is 59.2 Å². The number of nitrogens with two attached hydrogens (primary N) is 1. The van der Waals surface area contributed by atoms with Crippen molar-refractivity contribution in [2.75, 3.05) is 29.9 Å². The van der Waals surface area contributed by atoms with Crippen LogP contribution in [0.5, 0.6) is 0 Å². The lowest BCUT2D eigenvalue weighted by atomic mass is 9.90. The highest BCUT2D eigenvalue weighted by atomic mass is 16.3. The molecule has 0 atom stereocenters. The Morgan fingerprint density at radius 3 is 2.59 bits per heavy atom. The van der Waals surface area contributed by atoms with Crippen molar-refractivity contribution in [1.82, 2.24) is 0 Å². The first kappa shape index (κ1) is 19.8. The van der Waals surface area contributed by atoms with Crippen LogP contribution in [0.1, 0.15) is 42.4 Å².